The molecule has 2 radical (unpaired) electrons. The van der Waals surface area contributed by atoms with E-state index in [9.17, 15) is 0 Å². The average molecular weight is 335 g/mol. The number of hydrogen-bond acceptors (Lipinski definition) is 4. The summed E-state index contributed by atoms with van der Waals surface area (Å²) >= 11 is 6.36. The third-order valence-electron chi connectivity index (χ3n) is 3.91. The van der Waals surface area contributed by atoms with E-state index < -0.39 is 0 Å². The first-order chi connectivity index (χ1) is 11.6. The van der Waals surface area contributed by atoms with Crippen LogP contribution >= 0.6 is 11.6 Å². The minimum atomic E-state index is 0.581. The van der Waals surface area contributed by atoms with E-state index in [0.717, 1.165) is 16.8 Å². The zero-order valence-corrected chi connectivity index (χ0v) is 13.9. The van der Waals surface area contributed by atoms with Gasteiger partial charge in [0.1, 0.15) is 19.1 Å². The first-order valence-electron chi connectivity index (χ1n) is 7.34. The van der Waals surface area contributed by atoms with Crippen LogP contribution in [0.3, 0.4) is 0 Å². The van der Waals surface area contributed by atoms with Gasteiger partial charge in [-0.2, -0.15) is 0 Å². The summed E-state index contributed by atoms with van der Waals surface area (Å²) in [5, 5.41) is 9.23. The lowest BCUT2D eigenvalue weighted by atomic mass is 9.95. The predicted octanol–water partition coefficient (Wildman–Crippen LogP) is 2.71. The Morgan fingerprint density at radius 2 is 1.96 bits per heavy atom. The molecule has 24 heavy (non-hydrogen) atoms. The second-order valence-electron chi connectivity index (χ2n) is 5.45. The number of aryl methyl sites for hydroxylation is 1. The van der Waals surface area contributed by atoms with Crippen LogP contribution in [-0.4, -0.2) is 34.5 Å². The van der Waals surface area contributed by atoms with E-state index in [1.807, 2.05) is 35.6 Å². The number of ether oxygens (including phenoxy) is 1. The van der Waals surface area contributed by atoms with Crippen molar-refractivity contribution >= 4 is 41.6 Å². The van der Waals surface area contributed by atoms with E-state index >= 15 is 0 Å². The van der Waals surface area contributed by atoms with Gasteiger partial charge in [-0.15, -0.1) is 10.2 Å². The summed E-state index contributed by atoms with van der Waals surface area (Å²) in [7, 11) is 7.56. The van der Waals surface area contributed by atoms with Gasteiger partial charge in [0.25, 0.3) is 0 Å². The number of nitrogens with zero attached hydrogens (tertiary/aromatic N) is 4. The minimum Gasteiger partial charge on any atom is -0.494 e. The summed E-state index contributed by atoms with van der Waals surface area (Å²) in [6.07, 6.45) is 0. The van der Waals surface area contributed by atoms with Gasteiger partial charge >= 0.3 is 0 Å². The molecule has 0 atom stereocenters. The summed E-state index contributed by atoms with van der Waals surface area (Å²) < 4.78 is 7.43. The maximum Gasteiger partial charge on any atom is 0.183 e. The molecule has 5 nitrogen and oxygen atoms in total. The molecule has 0 saturated carbocycles. The Kier molecular flexibility index (Phi) is 3.42. The monoisotopic (exact) mass is 334 g/mol. The van der Waals surface area contributed by atoms with Gasteiger partial charge in [-0.05, 0) is 31.2 Å². The Bertz CT molecular complexity index is 1090. The van der Waals surface area contributed by atoms with Crippen LogP contribution in [0.4, 0.5) is 0 Å². The van der Waals surface area contributed by atoms with Gasteiger partial charge in [-0.3, -0.25) is 4.40 Å². The van der Waals surface area contributed by atoms with Crippen molar-refractivity contribution in [2.75, 3.05) is 7.11 Å². The zero-order valence-electron chi connectivity index (χ0n) is 13.1. The van der Waals surface area contributed by atoms with Crippen molar-refractivity contribution in [3.63, 3.8) is 0 Å². The fourth-order valence-electron chi connectivity index (χ4n) is 2.86. The highest BCUT2D eigenvalue weighted by Gasteiger charge is 2.18. The number of hydrogen-bond donors (Lipinski definition) is 0. The second-order valence-corrected chi connectivity index (χ2v) is 5.86. The summed E-state index contributed by atoms with van der Waals surface area (Å²) in [5.74, 6) is 1.24. The molecule has 0 spiro atoms. The van der Waals surface area contributed by atoms with E-state index in [2.05, 4.69) is 15.2 Å². The van der Waals surface area contributed by atoms with Gasteiger partial charge in [-0.25, -0.2) is 4.98 Å². The maximum atomic E-state index is 6.36. The Balaban J connectivity index is 2.22. The van der Waals surface area contributed by atoms with Crippen LogP contribution in [0.15, 0.2) is 36.4 Å². The highest BCUT2D eigenvalue weighted by Crippen LogP contribution is 2.32. The molecule has 0 saturated heterocycles. The smallest absolute Gasteiger partial charge is 0.183 e. The average Bonchev–Trinajstić information content (AvgIpc) is 2.99. The number of methoxy groups -OCH3 is 1. The molecule has 0 amide bonds. The summed E-state index contributed by atoms with van der Waals surface area (Å²) in [6.45, 7) is 1.88. The molecular formula is C17H12BClN4O. The van der Waals surface area contributed by atoms with Crippen molar-refractivity contribution in [2.24, 2.45) is 0 Å². The van der Waals surface area contributed by atoms with E-state index in [4.69, 9.17) is 24.2 Å². The Hall–Kier alpha value is -2.60. The topological polar surface area (TPSA) is 52.3 Å². The molecule has 4 rings (SSSR count). The van der Waals surface area contributed by atoms with E-state index in [1.165, 1.54) is 0 Å². The lowest BCUT2D eigenvalue weighted by Gasteiger charge is -2.12. The van der Waals surface area contributed by atoms with E-state index in [-0.39, 0.29) is 0 Å². The fourth-order valence-corrected chi connectivity index (χ4v) is 3.08. The Labute approximate surface area is 144 Å². The van der Waals surface area contributed by atoms with Crippen molar-refractivity contribution in [1.82, 2.24) is 19.6 Å². The molecule has 0 aliphatic heterocycles. The lowest BCUT2D eigenvalue weighted by Crippen LogP contribution is -2.07. The van der Waals surface area contributed by atoms with Gasteiger partial charge in [0.15, 0.2) is 11.5 Å². The van der Waals surface area contributed by atoms with Gasteiger partial charge in [-0.1, -0.05) is 29.2 Å². The van der Waals surface area contributed by atoms with Crippen LogP contribution < -0.4 is 10.2 Å². The fraction of sp³-hybridized carbons (Fsp3) is 0.118. The molecule has 7 heteroatoms. The molecule has 2 aromatic heterocycles. The van der Waals surface area contributed by atoms with E-state index in [1.54, 1.807) is 19.2 Å². The van der Waals surface area contributed by atoms with Gasteiger partial charge in [0, 0.05) is 5.56 Å². The molecule has 0 aliphatic rings. The molecule has 0 bridgehead atoms. The van der Waals surface area contributed by atoms with Crippen LogP contribution in [0, 0.1) is 6.92 Å². The van der Waals surface area contributed by atoms with Crippen molar-refractivity contribution in [1.29, 1.82) is 0 Å². The highest BCUT2D eigenvalue weighted by molar-refractivity contribution is 6.33. The van der Waals surface area contributed by atoms with Gasteiger partial charge < -0.3 is 4.74 Å². The maximum absolute atomic E-state index is 6.36. The SMILES string of the molecule is [B]c1cc(OC)c2c(c1)nc(C)c1nnc(-c3ccccc3Cl)n12. The molecule has 0 unspecified atom stereocenters. The number of halogens is 1. The van der Waals surface area contributed by atoms with Crippen LogP contribution in [0.1, 0.15) is 5.69 Å². The van der Waals surface area contributed by atoms with Gasteiger partial charge in [0.05, 0.1) is 23.3 Å². The highest BCUT2D eigenvalue weighted by atomic mass is 35.5. The van der Waals surface area contributed by atoms with Crippen LogP contribution in [-0.2, 0) is 0 Å². The predicted molar refractivity (Wildman–Crippen MR) is 95.4 cm³/mol. The normalized spacial score (nSPS) is 11.3. The number of benzene rings is 2. The molecule has 0 aliphatic carbocycles. The van der Waals surface area contributed by atoms with Crippen molar-refractivity contribution < 1.29 is 4.74 Å². The minimum absolute atomic E-state index is 0.581. The zero-order chi connectivity index (χ0) is 16.8. The third-order valence-corrected chi connectivity index (χ3v) is 4.24. The molecule has 0 N–H and O–H groups in total. The molecule has 2 heterocycles. The summed E-state index contributed by atoms with van der Waals surface area (Å²) in [6, 6.07) is 11.1. The van der Waals surface area contributed by atoms with Crippen molar-refractivity contribution in [3.8, 4) is 17.1 Å². The third kappa shape index (κ3) is 2.14. The molecular weight excluding hydrogens is 322 g/mol. The number of fused-ring (bicyclic) bond motifs is 3. The van der Waals surface area contributed by atoms with Crippen molar-refractivity contribution in [3.05, 3.63) is 47.1 Å². The van der Waals surface area contributed by atoms with Crippen LogP contribution in [0.5, 0.6) is 5.75 Å². The van der Waals surface area contributed by atoms with E-state index in [0.29, 0.717) is 33.2 Å². The lowest BCUT2D eigenvalue weighted by molar-refractivity contribution is 0.419. The van der Waals surface area contributed by atoms with Crippen LogP contribution in [0.2, 0.25) is 5.02 Å². The number of rotatable bonds is 2. The largest absolute Gasteiger partial charge is 0.494 e. The standard InChI is InChI=1S/C17H12BClN4O/c1-9-16-21-22-17(11-5-3-4-6-12(11)19)23(16)15-13(20-9)7-10(18)8-14(15)24-2/h3-8H,1-2H3. The van der Waals surface area contributed by atoms with Crippen LogP contribution in [0.25, 0.3) is 28.1 Å². The first-order valence-corrected chi connectivity index (χ1v) is 7.72. The summed E-state index contributed by atoms with van der Waals surface area (Å²) in [4.78, 5) is 4.59. The Morgan fingerprint density at radius 1 is 1.17 bits per heavy atom. The molecule has 116 valence electrons. The first kappa shape index (κ1) is 15.0. The quantitative estimate of drug-likeness (QED) is 0.529. The number of aromatic nitrogens is 4. The molecule has 0 fully saturated rings. The molecule has 2 aromatic carbocycles. The van der Waals surface area contributed by atoms with Crippen molar-refractivity contribution in [2.45, 2.75) is 6.92 Å². The second kappa shape index (κ2) is 5.49. The summed E-state index contributed by atoms with van der Waals surface area (Å²) in [5.41, 5.74) is 4.24. The molecule has 4 aromatic rings. The Morgan fingerprint density at radius 3 is 2.71 bits per heavy atom. The van der Waals surface area contributed by atoms with Gasteiger partial charge in [0.2, 0.25) is 0 Å².